The predicted molar refractivity (Wildman–Crippen MR) is 78.1 cm³/mol. The second-order valence-corrected chi connectivity index (χ2v) is 4.28. The zero-order chi connectivity index (χ0) is 14.5. The molecule has 1 heterocycles. The number of nitrogens with one attached hydrogen (secondary N) is 1. The maximum atomic E-state index is 10.2. The number of nitrogen functional groups attached to an aromatic ring is 1. The van der Waals surface area contributed by atoms with Gasteiger partial charge in [-0.1, -0.05) is 12.1 Å². The van der Waals surface area contributed by atoms with Gasteiger partial charge in [0, 0.05) is 23.0 Å². The molecule has 2 rings (SSSR count). The number of aldehydes is 1. The highest BCUT2D eigenvalue weighted by Crippen LogP contribution is 2.24. The summed E-state index contributed by atoms with van der Waals surface area (Å²) in [5.74, 6) is 0.986. The summed E-state index contributed by atoms with van der Waals surface area (Å²) < 4.78 is 5.19. The normalized spacial score (nSPS) is 10.1. The maximum absolute atomic E-state index is 10.2. The Kier molecular flexibility index (Phi) is 4.10. The molecule has 1 aromatic heterocycles. The molecule has 3 N–H and O–H groups in total. The molecule has 5 nitrogen and oxygen atoms in total. The summed E-state index contributed by atoms with van der Waals surface area (Å²) in [6.07, 6.45) is 2.37. The standard InChI is InChI=1S/C15H15N3O2/c1-10(16)14-8-12(9-18-15(14)17)11-2-4-13(5-3-11)20-7-6-19/h2-6,8-9,16H,7H2,1H3,(H2,17,18). The van der Waals surface area contributed by atoms with Crippen LogP contribution >= 0.6 is 0 Å². The number of carbonyl (C=O) groups excluding carboxylic acids is 1. The number of carbonyl (C=O) groups is 1. The van der Waals surface area contributed by atoms with Crippen molar-refractivity contribution in [2.75, 3.05) is 12.3 Å². The van der Waals surface area contributed by atoms with Gasteiger partial charge >= 0.3 is 0 Å². The highest BCUT2D eigenvalue weighted by molar-refractivity contribution is 6.01. The van der Waals surface area contributed by atoms with Crippen LogP contribution in [-0.2, 0) is 4.79 Å². The van der Waals surface area contributed by atoms with E-state index < -0.39 is 0 Å². The Labute approximate surface area is 116 Å². The van der Waals surface area contributed by atoms with Crippen molar-refractivity contribution >= 4 is 17.8 Å². The molecule has 1 aromatic carbocycles. The number of anilines is 1. The summed E-state index contributed by atoms with van der Waals surface area (Å²) in [6.45, 7) is 1.72. The first-order chi connectivity index (χ1) is 9.61. The summed E-state index contributed by atoms with van der Waals surface area (Å²) in [5.41, 5.74) is 8.57. The molecule has 0 atom stereocenters. The van der Waals surface area contributed by atoms with Crippen molar-refractivity contribution < 1.29 is 9.53 Å². The first kappa shape index (κ1) is 13.7. The lowest BCUT2D eigenvalue weighted by Crippen LogP contribution is -2.02. The van der Waals surface area contributed by atoms with Gasteiger partial charge in [-0.3, -0.25) is 4.79 Å². The lowest BCUT2D eigenvalue weighted by Gasteiger charge is -2.08. The van der Waals surface area contributed by atoms with Crippen LogP contribution in [0.1, 0.15) is 12.5 Å². The molecule has 5 heteroatoms. The highest BCUT2D eigenvalue weighted by atomic mass is 16.5. The molecule has 102 valence electrons. The number of nitrogens with two attached hydrogens (primary N) is 1. The number of pyridine rings is 1. The first-order valence-corrected chi connectivity index (χ1v) is 6.09. The van der Waals surface area contributed by atoms with Crippen LogP contribution in [0.15, 0.2) is 36.5 Å². The van der Waals surface area contributed by atoms with Gasteiger partial charge in [0.25, 0.3) is 0 Å². The van der Waals surface area contributed by atoms with Gasteiger partial charge in [0.05, 0.1) is 0 Å². The van der Waals surface area contributed by atoms with E-state index in [0.29, 0.717) is 29.1 Å². The molecule has 0 aliphatic heterocycles. The van der Waals surface area contributed by atoms with Crippen molar-refractivity contribution in [3.63, 3.8) is 0 Å². The number of hydrogen-bond acceptors (Lipinski definition) is 5. The van der Waals surface area contributed by atoms with E-state index in [0.717, 1.165) is 11.1 Å². The molecule has 2 aromatic rings. The molecule has 20 heavy (non-hydrogen) atoms. The molecule has 0 saturated carbocycles. The van der Waals surface area contributed by atoms with E-state index in [-0.39, 0.29) is 6.61 Å². The number of hydrogen-bond donors (Lipinski definition) is 2. The van der Waals surface area contributed by atoms with E-state index in [1.165, 1.54) is 0 Å². The molecule has 0 spiro atoms. The van der Waals surface area contributed by atoms with Crippen LogP contribution in [0.5, 0.6) is 5.75 Å². The van der Waals surface area contributed by atoms with Gasteiger partial charge < -0.3 is 15.9 Å². The summed E-state index contributed by atoms with van der Waals surface area (Å²) in [4.78, 5) is 14.3. The van der Waals surface area contributed by atoms with Crippen molar-refractivity contribution in [1.82, 2.24) is 4.98 Å². The summed E-state index contributed by atoms with van der Waals surface area (Å²) in [6, 6.07) is 9.15. The van der Waals surface area contributed by atoms with Gasteiger partial charge in [-0.05, 0) is 30.7 Å². The van der Waals surface area contributed by atoms with E-state index in [1.54, 1.807) is 25.3 Å². The minimum absolute atomic E-state index is 0.0416. The van der Waals surface area contributed by atoms with Crippen molar-refractivity contribution in [3.8, 4) is 16.9 Å². The third-order valence-corrected chi connectivity index (χ3v) is 2.83. The Bertz CT molecular complexity index is 636. The van der Waals surface area contributed by atoms with E-state index in [1.807, 2.05) is 18.2 Å². The lowest BCUT2D eigenvalue weighted by atomic mass is 10.0. The smallest absolute Gasteiger partial charge is 0.157 e. The van der Waals surface area contributed by atoms with Crippen molar-refractivity contribution in [1.29, 1.82) is 5.41 Å². The second kappa shape index (κ2) is 5.97. The quantitative estimate of drug-likeness (QED) is 0.643. The fourth-order valence-electron chi connectivity index (χ4n) is 1.81. The topological polar surface area (TPSA) is 89.1 Å². The van der Waals surface area contributed by atoms with Gasteiger partial charge in [-0.2, -0.15) is 0 Å². The maximum Gasteiger partial charge on any atom is 0.157 e. The Morgan fingerprint density at radius 2 is 2.05 bits per heavy atom. The minimum Gasteiger partial charge on any atom is -0.486 e. The molecule has 0 radical (unpaired) electrons. The molecule has 0 aliphatic rings. The predicted octanol–water partition coefficient (Wildman–Crippen LogP) is 2.30. The van der Waals surface area contributed by atoms with Gasteiger partial charge in [0.1, 0.15) is 18.2 Å². The monoisotopic (exact) mass is 269 g/mol. The molecule has 0 amide bonds. The number of aromatic nitrogens is 1. The van der Waals surface area contributed by atoms with Gasteiger partial charge in [-0.15, -0.1) is 0 Å². The zero-order valence-corrected chi connectivity index (χ0v) is 11.1. The fraction of sp³-hybridized carbons (Fsp3) is 0.133. The molecule has 0 unspecified atom stereocenters. The molecule has 0 fully saturated rings. The van der Waals surface area contributed by atoms with Crippen LogP contribution in [0.2, 0.25) is 0 Å². The first-order valence-electron chi connectivity index (χ1n) is 6.09. The van der Waals surface area contributed by atoms with Crippen LogP contribution in [0.25, 0.3) is 11.1 Å². The van der Waals surface area contributed by atoms with E-state index in [9.17, 15) is 4.79 Å². The minimum atomic E-state index is 0.0416. The van der Waals surface area contributed by atoms with E-state index in [2.05, 4.69) is 4.98 Å². The average Bonchev–Trinajstić information content (AvgIpc) is 2.46. The van der Waals surface area contributed by atoms with Gasteiger partial charge in [0.15, 0.2) is 6.29 Å². The average molecular weight is 269 g/mol. The highest BCUT2D eigenvalue weighted by Gasteiger charge is 2.06. The fourth-order valence-corrected chi connectivity index (χ4v) is 1.81. The van der Waals surface area contributed by atoms with Crippen LogP contribution in [0, 0.1) is 5.41 Å². The van der Waals surface area contributed by atoms with Crippen LogP contribution in [0.3, 0.4) is 0 Å². The summed E-state index contributed by atoms with van der Waals surface area (Å²) in [7, 11) is 0. The third-order valence-electron chi connectivity index (χ3n) is 2.83. The Balaban J connectivity index is 2.29. The molecular weight excluding hydrogens is 254 g/mol. The third kappa shape index (κ3) is 3.00. The largest absolute Gasteiger partial charge is 0.486 e. The summed E-state index contributed by atoms with van der Waals surface area (Å²) in [5, 5.41) is 7.67. The number of rotatable bonds is 5. The summed E-state index contributed by atoms with van der Waals surface area (Å²) >= 11 is 0. The van der Waals surface area contributed by atoms with Gasteiger partial charge in [-0.25, -0.2) is 4.98 Å². The molecule has 0 bridgehead atoms. The zero-order valence-electron chi connectivity index (χ0n) is 11.1. The van der Waals surface area contributed by atoms with E-state index >= 15 is 0 Å². The van der Waals surface area contributed by atoms with Crippen LogP contribution < -0.4 is 10.5 Å². The molecule has 0 aliphatic carbocycles. The second-order valence-electron chi connectivity index (χ2n) is 4.28. The molecular formula is C15H15N3O2. The van der Waals surface area contributed by atoms with Gasteiger partial charge in [0.2, 0.25) is 0 Å². The Morgan fingerprint density at radius 3 is 2.65 bits per heavy atom. The Hall–Kier alpha value is -2.69. The van der Waals surface area contributed by atoms with Crippen molar-refractivity contribution in [3.05, 3.63) is 42.1 Å². The number of nitrogens with zero attached hydrogens (tertiary/aromatic N) is 1. The van der Waals surface area contributed by atoms with Crippen molar-refractivity contribution in [2.45, 2.75) is 6.92 Å². The van der Waals surface area contributed by atoms with Crippen LogP contribution in [-0.4, -0.2) is 23.6 Å². The number of benzene rings is 1. The Morgan fingerprint density at radius 1 is 1.35 bits per heavy atom. The van der Waals surface area contributed by atoms with Crippen molar-refractivity contribution in [2.24, 2.45) is 0 Å². The SMILES string of the molecule is CC(=N)c1cc(-c2ccc(OCC=O)cc2)cnc1N. The molecule has 0 saturated heterocycles. The lowest BCUT2D eigenvalue weighted by molar-refractivity contribution is -0.109. The number of ether oxygens (including phenoxy) is 1. The van der Waals surface area contributed by atoms with E-state index in [4.69, 9.17) is 15.9 Å². The van der Waals surface area contributed by atoms with Crippen LogP contribution in [0.4, 0.5) is 5.82 Å².